The van der Waals surface area contributed by atoms with E-state index in [4.69, 9.17) is 14.2 Å². The molecule has 3 aromatic rings. The molecule has 1 saturated carbocycles. The van der Waals surface area contributed by atoms with Gasteiger partial charge in [0.2, 0.25) is 0 Å². The van der Waals surface area contributed by atoms with E-state index in [1.165, 1.54) is 19.3 Å². The Kier molecular flexibility index (Phi) is 5.89. The standard InChI is InChI=1S/C25H28O4/c1-27-24-19-10-6-7-11-20(19)25(28-2)22-14-18(12-13-21(22)24)16-29-23(26)15-17-8-4-3-5-9-17/h6-7,10-14,17H,3-5,8-9,15-16H2,1-2H3. The molecular weight excluding hydrogens is 364 g/mol. The Morgan fingerprint density at radius 3 is 2.14 bits per heavy atom. The smallest absolute Gasteiger partial charge is 0.306 e. The Morgan fingerprint density at radius 2 is 1.48 bits per heavy atom. The second kappa shape index (κ2) is 8.73. The van der Waals surface area contributed by atoms with Gasteiger partial charge in [-0.25, -0.2) is 0 Å². The molecule has 0 bridgehead atoms. The van der Waals surface area contributed by atoms with Gasteiger partial charge in [0, 0.05) is 28.0 Å². The summed E-state index contributed by atoms with van der Waals surface area (Å²) in [5, 5.41) is 3.97. The summed E-state index contributed by atoms with van der Waals surface area (Å²) < 4.78 is 17.1. The van der Waals surface area contributed by atoms with E-state index in [1.54, 1.807) is 14.2 Å². The highest BCUT2D eigenvalue weighted by Gasteiger charge is 2.19. The molecule has 152 valence electrons. The lowest BCUT2D eigenvalue weighted by Gasteiger charge is -2.20. The van der Waals surface area contributed by atoms with Crippen LogP contribution in [0.2, 0.25) is 0 Å². The largest absolute Gasteiger partial charge is 0.495 e. The maximum absolute atomic E-state index is 12.3. The first-order valence-electron chi connectivity index (χ1n) is 10.4. The molecule has 4 rings (SSSR count). The first-order valence-corrected chi connectivity index (χ1v) is 10.4. The average molecular weight is 392 g/mol. The normalized spacial score (nSPS) is 14.8. The van der Waals surface area contributed by atoms with Crippen LogP contribution in [0.3, 0.4) is 0 Å². The van der Waals surface area contributed by atoms with E-state index in [0.717, 1.165) is 51.4 Å². The van der Waals surface area contributed by atoms with Crippen LogP contribution in [-0.4, -0.2) is 20.2 Å². The third-order valence-electron chi connectivity index (χ3n) is 5.98. The first kappa shape index (κ1) is 19.6. The minimum Gasteiger partial charge on any atom is -0.495 e. The Balaban J connectivity index is 1.60. The monoisotopic (exact) mass is 392 g/mol. The Bertz CT molecular complexity index is 1020. The third kappa shape index (κ3) is 4.02. The minimum atomic E-state index is -0.0972. The fraction of sp³-hybridized carbons (Fsp3) is 0.400. The van der Waals surface area contributed by atoms with Crippen LogP contribution in [0.4, 0.5) is 0 Å². The van der Waals surface area contributed by atoms with Gasteiger partial charge in [-0.3, -0.25) is 4.79 Å². The predicted octanol–water partition coefficient (Wildman–Crippen LogP) is 6.02. The van der Waals surface area contributed by atoms with Gasteiger partial charge >= 0.3 is 5.97 Å². The molecule has 0 atom stereocenters. The molecule has 0 amide bonds. The molecule has 0 spiro atoms. The molecule has 4 nitrogen and oxygen atoms in total. The van der Waals surface area contributed by atoms with Crippen molar-refractivity contribution in [1.29, 1.82) is 0 Å². The topological polar surface area (TPSA) is 44.8 Å². The predicted molar refractivity (Wildman–Crippen MR) is 116 cm³/mol. The lowest BCUT2D eigenvalue weighted by Crippen LogP contribution is -2.14. The van der Waals surface area contributed by atoms with E-state index in [0.29, 0.717) is 12.3 Å². The quantitative estimate of drug-likeness (QED) is 0.380. The van der Waals surface area contributed by atoms with Crippen LogP contribution in [-0.2, 0) is 16.1 Å². The zero-order chi connectivity index (χ0) is 20.2. The summed E-state index contributed by atoms with van der Waals surface area (Å²) in [6, 6.07) is 14.1. The van der Waals surface area contributed by atoms with E-state index in [1.807, 2.05) is 42.5 Å². The fourth-order valence-electron chi connectivity index (χ4n) is 4.53. The minimum absolute atomic E-state index is 0.0972. The van der Waals surface area contributed by atoms with Gasteiger partial charge in [-0.15, -0.1) is 0 Å². The number of rotatable bonds is 6. The molecule has 0 aromatic heterocycles. The van der Waals surface area contributed by atoms with E-state index in [-0.39, 0.29) is 12.6 Å². The van der Waals surface area contributed by atoms with Crippen LogP contribution in [0.25, 0.3) is 21.5 Å². The molecule has 0 N–H and O–H groups in total. The van der Waals surface area contributed by atoms with E-state index < -0.39 is 0 Å². The number of esters is 1. The molecule has 0 saturated heterocycles. The molecule has 3 aromatic carbocycles. The lowest BCUT2D eigenvalue weighted by molar-refractivity contribution is -0.146. The number of ether oxygens (including phenoxy) is 3. The van der Waals surface area contributed by atoms with Crippen LogP contribution < -0.4 is 9.47 Å². The van der Waals surface area contributed by atoms with Crippen LogP contribution in [0, 0.1) is 5.92 Å². The number of methoxy groups -OCH3 is 2. The maximum Gasteiger partial charge on any atom is 0.306 e. The van der Waals surface area contributed by atoms with Crippen LogP contribution in [0.15, 0.2) is 42.5 Å². The van der Waals surface area contributed by atoms with Crippen molar-refractivity contribution < 1.29 is 19.0 Å². The number of hydrogen-bond acceptors (Lipinski definition) is 4. The highest BCUT2D eigenvalue weighted by atomic mass is 16.5. The van der Waals surface area contributed by atoms with Crippen molar-refractivity contribution in [3.05, 3.63) is 48.0 Å². The molecule has 0 radical (unpaired) electrons. The van der Waals surface area contributed by atoms with Gasteiger partial charge in [0.25, 0.3) is 0 Å². The zero-order valence-corrected chi connectivity index (χ0v) is 17.2. The first-order chi connectivity index (χ1) is 14.2. The number of fused-ring (bicyclic) bond motifs is 2. The molecule has 4 heteroatoms. The van der Waals surface area contributed by atoms with Gasteiger partial charge in [-0.05, 0) is 30.4 Å². The molecule has 0 heterocycles. The summed E-state index contributed by atoms with van der Waals surface area (Å²) in [4.78, 5) is 12.3. The Morgan fingerprint density at radius 1 is 0.862 bits per heavy atom. The van der Waals surface area contributed by atoms with Gasteiger partial charge in [-0.2, -0.15) is 0 Å². The highest BCUT2D eigenvalue weighted by molar-refractivity contribution is 6.11. The van der Waals surface area contributed by atoms with Gasteiger partial charge in [0.15, 0.2) is 0 Å². The number of hydrogen-bond donors (Lipinski definition) is 0. The number of carbonyl (C=O) groups is 1. The van der Waals surface area contributed by atoms with Gasteiger partial charge < -0.3 is 14.2 Å². The summed E-state index contributed by atoms with van der Waals surface area (Å²) in [5.41, 5.74) is 0.949. The maximum atomic E-state index is 12.3. The number of benzene rings is 3. The average Bonchev–Trinajstić information content (AvgIpc) is 2.76. The van der Waals surface area contributed by atoms with E-state index in [2.05, 4.69) is 0 Å². The second-order valence-corrected chi connectivity index (χ2v) is 7.86. The molecule has 29 heavy (non-hydrogen) atoms. The van der Waals surface area contributed by atoms with Crippen LogP contribution in [0.5, 0.6) is 11.5 Å². The van der Waals surface area contributed by atoms with Crippen molar-refractivity contribution in [3.8, 4) is 11.5 Å². The SMILES string of the molecule is COc1c2ccccc2c(OC)c2cc(COC(=O)CC3CCCCC3)ccc12. The van der Waals surface area contributed by atoms with Gasteiger partial charge in [0.1, 0.15) is 18.1 Å². The third-order valence-corrected chi connectivity index (χ3v) is 5.98. The zero-order valence-electron chi connectivity index (χ0n) is 17.2. The fourth-order valence-corrected chi connectivity index (χ4v) is 4.53. The van der Waals surface area contributed by atoms with Crippen molar-refractivity contribution >= 4 is 27.5 Å². The highest BCUT2D eigenvalue weighted by Crippen LogP contribution is 2.42. The van der Waals surface area contributed by atoms with Crippen LogP contribution in [0.1, 0.15) is 44.1 Å². The van der Waals surface area contributed by atoms with Crippen molar-refractivity contribution in [2.75, 3.05) is 14.2 Å². The molecule has 0 aliphatic heterocycles. The van der Waals surface area contributed by atoms with Crippen molar-refractivity contribution in [1.82, 2.24) is 0 Å². The van der Waals surface area contributed by atoms with Gasteiger partial charge in [-0.1, -0.05) is 55.7 Å². The van der Waals surface area contributed by atoms with Crippen molar-refractivity contribution in [2.24, 2.45) is 5.92 Å². The van der Waals surface area contributed by atoms with Gasteiger partial charge in [0.05, 0.1) is 14.2 Å². The Labute approximate surface area is 171 Å². The lowest BCUT2D eigenvalue weighted by atomic mass is 9.87. The molecule has 1 fully saturated rings. The number of carbonyl (C=O) groups excluding carboxylic acids is 1. The molecule has 0 unspecified atom stereocenters. The van der Waals surface area contributed by atoms with Crippen molar-refractivity contribution in [2.45, 2.75) is 45.1 Å². The van der Waals surface area contributed by atoms with Crippen molar-refractivity contribution in [3.63, 3.8) is 0 Å². The second-order valence-electron chi connectivity index (χ2n) is 7.86. The summed E-state index contributed by atoms with van der Waals surface area (Å²) >= 11 is 0. The summed E-state index contributed by atoms with van der Waals surface area (Å²) in [6.45, 7) is 0.278. The summed E-state index contributed by atoms with van der Waals surface area (Å²) in [5.74, 6) is 2.03. The molecule has 1 aliphatic carbocycles. The summed E-state index contributed by atoms with van der Waals surface area (Å²) in [7, 11) is 3.37. The van der Waals surface area contributed by atoms with E-state index >= 15 is 0 Å². The Hall–Kier alpha value is -2.75. The van der Waals surface area contributed by atoms with Crippen LogP contribution >= 0.6 is 0 Å². The molecule has 1 aliphatic rings. The molecular formula is C25H28O4. The van der Waals surface area contributed by atoms with E-state index in [9.17, 15) is 4.79 Å². The summed E-state index contributed by atoms with van der Waals surface area (Å²) in [6.07, 6.45) is 6.60.